The predicted molar refractivity (Wildman–Crippen MR) is 183 cm³/mol. The van der Waals surface area contributed by atoms with E-state index in [1.165, 1.54) is 40.7 Å². The van der Waals surface area contributed by atoms with Gasteiger partial charge in [-0.05, 0) is 108 Å². The molecule has 1 aliphatic heterocycles. The Morgan fingerprint density at radius 3 is 1.95 bits per heavy atom. The van der Waals surface area contributed by atoms with Gasteiger partial charge in [-0.15, -0.1) is 0 Å². The molecule has 0 amide bonds. The van der Waals surface area contributed by atoms with Crippen molar-refractivity contribution in [1.82, 2.24) is 0 Å². The third-order valence-corrected chi connectivity index (χ3v) is 13.3. The summed E-state index contributed by atoms with van der Waals surface area (Å²) < 4.78 is 21.4. The molecule has 2 unspecified atom stereocenters. The average molecular weight is 695 g/mol. The highest BCUT2D eigenvalue weighted by Crippen LogP contribution is 2.70. The van der Waals surface area contributed by atoms with Crippen molar-refractivity contribution in [1.29, 1.82) is 0 Å². The fourth-order valence-corrected chi connectivity index (χ4v) is 11.9. The van der Waals surface area contributed by atoms with E-state index in [4.69, 9.17) is 12.9 Å². The van der Waals surface area contributed by atoms with Gasteiger partial charge in [-0.3, -0.25) is 4.52 Å². The predicted octanol–water partition coefficient (Wildman–Crippen LogP) is 12.0. The van der Waals surface area contributed by atoms with Gasteiger partial charge in [-0.1, -0.05) is 88.0 Å². The molecule has 1 saturated heterocycles. The fourth-order valence-electron chi connectivity index (χ4n) is 6.18. The first-order valence-corrected chi connectivity index (χ1v) is 18.4. The molecule has 5 aromatic rings. The summed E-state index contributed by atoms with van der Waals surface area (Å²) >= 11 is 2.40. The summed E-state index contributed by atoms with van der Waals surface area (Å²) in [6, 6.07) is 31.0. The molecule has 6 heteroatoms. The second-order valence-electron chi connectivity index (χ2n) is 11.1. The van der Waals surface area contributed by atoms with E-state index < -0.39 is 16.2 Å². The maximum Gasteiger partial charge on any atom is 0.387 e. The molecule has 2 heterocycles. The Labute approximate surface area is 259 Å². The molecule has 0 saturated carbocycles. The first-order valence-electron chi connectivity index (χ1n) is 14.6. The third-order valence-electron chi connectivity index (χ3n) is 8.11. The molecule has 4 aromatic carbocycles. The Bertz CT molecular complexity index is 1640. The van der Waals surface area contributed by atoms with Crippen LogP contribution >= 0.6 is 38.8 Å². The number of halogens is 1. The van der Waals surface area contributed by atoms with E-state index in [1.54, 1.807) is 0 Å². The lowest BCUT2D eigenvalue weighted by Gasteiger charge is -2.25. The Morgan fingerprint density at radius 2 is 1.34 bits per heavy atom. The average Bonchev–Trinajstić information content (AvgIpc) is 3.34. The molecule has 3 nitrogen and oxygen atoms in total. The molecule has 0 N–H and O–H groups in total. The first-order chi connectivity index (χ1) is 20.0. The zero-order valence-corrected chi connectivity index (χ0v) is 27.9. The molecule has 0 spiro atoms. The van der Waals surface area contributed by atoms with Crippen LogP contribution in [0.15, 0.2) is 93.3 Å². The van der Waals surface area contributed by atoms with Crippen LogP contribution in [0, 0.1) is 17.4 Å². The van der Waals surface area contributed by atoms with Gasteiger partial charge in [0.1, 0.15) is 5.58 Å². The van der Waals surface area contributed by atoms with Gasteiger partial charge in [-0.2, -0.15) is 0 Å². The minimum absolute atomic E-state index is 0.496. The summed E-state index contributed by atoms with van der Waals surface area (Å²) in [5.41, 5.74) is 9.40. The molecule has 6 rings (SSSR count). The normalized spacial score (nSPS) is 19.2. The van der Waals surface area contributed by atoms with Crippen LogP contribution in [0.25, 0.3) is 21.9 Å². The monoisotopic (exact) mass is 694 g/mol. The standard InChI is InChI=1S/C35H37IO3P2/c1-4-5-12-28-19-24(2)20-29-30-21-25(3)22-31(36)35(30)39-41(38-34(28)29)37-23-40-32(26-13-8-6-9-14-26)17-18-33(40)27-15-10-7-11-16-27/h6-11,13-16,19-22,32-33H,4-5,12,17-18,23H2,1-3H3/t32-,33+,40?,41?. The fraction of sp³-hybridized carbons (Fsp3) is 0.314. The van der Waals surface area contributed by atoms with Gasteiger partial charge in [0.25, 0.3) is 0 Å². The Hall–Kier alpha value is -2.10. The van der Waals surface area contributed by atoms with Crippen molar-refractivity contribution in [2.45, 2.75) is 64.2 Å². The molecular weight excluding hydrogens is 657 g/mol. The minimum Gasteiger partial charge on any atom is -0.399 e. The van der Waals surface area contributed by atoms with Crippen LogP contribution in [-0.2, 0) is 6.42 Å². The Balaban J connectivity index is 1.45. The molecule has 1 fully saturated rings. The van der Waals surface area contributed by atoms with Crippen LogP contribution in [0.4, 0.5) is 0 Å². The zero-order valence-electron chi connectivity index (χ0n) is 24.0. The number of unbranched alkanes of at least 4 members (excludes halogenated alkanes) is 1. The highest BCUT2D eigenvalue weighted by Gasteiger charge is 2.38. The van der Waals surface area contributed by atoms with Crippen molar-refractivity contribution in [3.05, 3.63) is 116 Å². The lowest BCUT2D eigenvalue weighted by molar-refractivity contribution is 0.432. The van der Waals surface area contributed by atoms with Crippen molar-refractivity contribution in [2.24, 2.45) is 0 Å². The summed E-state index contributed by atoms with van der Waals surface area (Å²) in [6.45, 7) is 6.57. The van der Waals surface area contributed by atoms with E-state index >= 15 is 0 Å². The van der Waals surface area contributed by atoms with E-state index in [2.05, 4.69) is 128 Å². The van der Waals surface area contributed by atoms with Crippen LogP contribution in [0.2, 0.25) is 0 Å². The summed E-state index contributed by atoms with van der Waals surface area (Å²) in [7, 11) is -2.11. The van der Waals surface area contributed by atoms with Gasteiger partial charge >= 0.3 is 8.24 Å². The van der Waals surface area contributed by atoms with Crippen molar-refractivity contribution in [3.8, 4) is 0 Å². The smallest absolute Gasteiger partial charge is 0.387 e. The third kappa shape index (κ3) is 6.32. The number of rotatable bonds is 8. The van der Waals surface area contributed by atoms with E-state index in [-0.39, 0.29) is 0 Å². The van der Waals surface area contributed by atoms with Gasteiger partial charge in [0, 0.05) is 22.1 Å². The van der Waals surface area contributed by atoms with Crippen LogP contribution in [0.5, 0.6) is 0 Å². The largest absolute Gasteiger partial charge is 0.399 e. The van der Waals surface area contributed by atoms with Crippen molar-refractivity contribution in [2.75, 3.05) is 6.35 Å². The molecule has 0 bridgehead atoms. The summed E-state index contributed by atoms with van der Waals surface area (Å²) in [6.07, 6.45) is 6.28. The van der Waals surface area contributed by atoms with Crippen molar-refractivity contribution >= 4 is 60.7 Å². The van der Waals surface area contributed by atoms with Gasteiger partial charge < -0.3 is 8.39 Å². The summed E-state index contributed by atoms with van der Waals surface area (Å²) in [5, 5.41) is 2.23. The van der Waals surface area contributed by atoms with Gasteiger partial charge in [-0.25, -0.2) is 0 Å². The molecule has 0 aliphatic carbocycles. The first kappa shape index (κ1) is 29.0. The van der Waals surface area contributed by atoms with Crippen molar-refractivity contribution < 1.29 is 12.9 Å². The zero-order chi connectivity index (χ0) is 28.3. The summed E-state index contributed by atoms with van der Waals surface area (Å²) in [5.74, 6) is 0. The number of aryl methyl sites for hydroxylation is 3. The van der Waals surface area contributed by atoms with Crippen LogP contribution in [0.3, 0.4) is 0 Å². The number of hydrogen-bond acceptors (Lipinski definition) is 3. The summed E-state index contributed by atoms with van der Waals surface area (Å²) in [4.78, 5) is 0. The number of hydrogen-bond donors (Lipinski definition) is 0. The second-order valence-corrected chi connectivity index (χ2v) is 15.9. The lowest BCUT2D eigenvalue weighted by atomic mass is 10.00. The van der Waals surface area contributed by atoms with Crippen LogP contribution in [0.1, 0.15) is 71.7 Å². The van der Waals surface area contributed by atoms with E-state index in [9.17, 15) is 0 Å². The Kier molecular flexibility index (Phi) is 9.22. The van der Waals surface area contributed by atoms with E-state index in [0.29, 0.717) is 17.7 Å². The van der Waals surface area contributed by atoms with E-state index in [1.807, 2.05) is 0 Å². The number of fused-ring (bicyclic) bond motifs is 3. The van der Waals surface area contributed by atoms with Crippen LogP contribution < -0.4 is 4.52 Å². The highest BCUT2D eigenvalue weighted by atomic mass is 127. The molecule has 212 valence electrons. The van der Waals surface area contributed by atoms with E-state index in [0.717, 1.165) is 44.8 Å². The quantitative estimate of drug-likeness (QED) is 0.120. The van der Waals surface area contributed by atoms with Gasteiger partial charge in [0.2, 0.25) is 0 Å². The topological polar surface area (TPSA) is 35.5 Å². The molecule has 41 heavy (non-hydrogen) atoms. The number of benzene rings is 4. The maximum absolute atomic E-state index is 6.79. The van der Waals surface area contributed by atoms with Gasteiger partial charge in [0.15, 0.2) is 5.58 Å². The maximum atomic E-state index is 6.79. The molecule has 1 aliphatic rings. The van der Waals surface area contributed by atoms with Crippen molar-refractivity contribution in [3.63, 3.8) is 0 Å². The Morgan fingerprint density at radius 1 is 0.780 bits per heavy atom. The van der Waals surface area contributed by atoms with Crippen LogP contribution in [-0.4, -0.2) is 6.35 Å². The SMILES string of the molecule is CCCCc1cc(C)cc2c1op(OCP1[C@@H](c3ccccc3)CC[C@H]1c1ccccc1)oc1c(I)cc(C)cc12. The van der Waals surface area contributed by atoms with Gasteiger partial charge in [0.05, 0.1) is 9.92 Å². The molecule has 0 radical (unpaired) electrons. The lowest BCUT2D eigenvalue weighted by Crippen LogP contribution is -2.02. The minimum atomic E-state index is -1.62. The highest BCUT2D eigenvalue weighted by molar-refractivity contribution is 14.1. The second kappa shape index (κ2) is 13.0. The molecule has 4 atom stereocenters. The molecule has 1 aromatic heterocycles. The molecular formula is C35H37IO3P2.